The van der Waals surface area contributed by atoms with Crippen LogP contribution in [-0.4, -0.2) is 40.1 Å². The van der Waals surface area contributed by atoms with E-state index in [2.05, 4.69) is 0 Å². The van der Waals surface area contributed by atoms with Crippen LogP contribution in [0.25, 0.3) is 0 Å². The fourth-order valence-corrected chi connectivity index (χ4v) is 1.87. The molecule has 1 heterocycles. The Morgan fingerprint density at radius 1 is 1.18 bits per heavy atom. The Bertz CT molecular complexity index is 434. The van der Waals surface area contributed by atoms with Gasteiger partial charge in [-0.25, -0.2) is 4.79 Å². The summed E-state index contributed by atoms with van der Waals surface area (Å²) in [6.07, 6.45) is 0. The SMILES string of the molecule is O=C(O)c1ccc(CN2CC(C(=O)O)C2)cc1. The molecule has 2 N–H and O–H groups in total. The monoisotopic (exact) mass is 235 g/mol. The van der Waals surface area contributed by atoms with Crippen molar-refractivity contribution >= 4 is 11.9 Å². The van der Waals surface area contributed by atoms with E-state index in [9.17, 15) is 9.59 Å². The van der Waals surface area contributed by atoms with Gasteiger partial charge in [0.25, 0.3) is 0 Å². The Hall–Kier alpha value is -1.88. The standard InChI is InChI=1S/C12H13NO4/c14-11(15)9-3-1-8(2-4-9)5-13-6-10(7-13)12(16)17/h1-4,10H,5-7H2,(H,14,15)(H,16,17). The molecule has 1 aromatic carbocycles. The minimum atomic E-state index is -0.938. The lowest BCUT2D eigenvalue weighted by Gasteiger charge is -2.36. The zero-order chi connectivity index (χ0) is 12.4. The Kier molecular flexibility index (Phi) is 3.10. The molecule has 1 aromatic rings. The normalized spacial score (nSPS) is 16.5. The van der Waals surface area contributed by atoms with Gasteiger partial charge in [-0.2, -0.15) is 0 Å². The highest BCUT2D eigenvalue weighted by Crippen LogP contribution is 2.18. The lowest BCUT2D eigenvalue weighted by atomic mass is 9.99. The fraction of sp³-hybridized carbons (Fsp3) is 0.333. The van der Waals surface area contributed by atoms with Crippen LogP contribution in [-0.2, 0) is 11.3 Å². The van der Waals surface area contributed by atoms with Gasteiger partial charge >= 0.3 is 11.9 Å². The molecule has 0 spiro atoms. The number of nitrogens with zero attached hydrogens (tertiary/aromatic N) is 1. The van der Waals surface area contributed by atoms with Crippen LogP contribution < -0.4 is 0 Å². The van der Waals surface area contributed by atoms with Gasteiger partial charge in [-0.3, -0.25) is 9.69 Å². The van der Waals surface area contributed by atoms with E-state index < -0.39 is 11.9 Å². The summed E-state index contributed by atoms with van der Waals surface area (Å²) in [6.45, 7) is 1.80. The number of hydrogen-bond donors (Lipinski definition) is 2. The lowest BCUT2D eigenvalue weighted by molar-refractivity contribution is -0.147. The largest absolute Gasteiger partial charge is 0.481 e. The summed E-state index contributed by atoms with van der Waals surface area (Å²) in [7, 11) is 0. The maximum Gasteiger partial charge on any atom is 0.335 e. The van der Waals surface area contributed by atoms with Crippen LogP contribution in [0.15, 0.2) is 24.3 Å². The second-order valence-corrected chi connectivity index (χ2v) is 4.23. The van der Waals surface area contributed by atoms with Crippen LogP contribution in [0.2, 0.25) is 0 Å². The lowest BCUT2D eigenvalue weighted by Crippen LogP contribution is -2.49. The van der Waals surface area contributed by atoms with E-state index in [4.69, 9.17) is 10.2 Å². The quantitative estimate of drug-likeness (QED) is 0.810. The van der Waals surface area contributed by atoms with E-state index in [1.807, 2.05) is 4.90 Å². The number of aliphatic carboxylic acids is 1. The van der Waals surface area contributed by atoms with Crippen LogP contribution >= 0.6 is 0 Å². The molecule has 5 nitrogen and oxygen atoms in total. The zero-order valence-corrected chi connectivity index (χ0v) is 9.17. The molecule has 1 saturated heterocycles. The number of likely N-dealkylation sites (tertiary alicyclic amines) is 1. The van der Waals surface area contributed by atoms with Gasteiger partial charge in [-0.1, -0.05) is 12.1 Å². The average Bonchev–Trinajstić information content (AvgIpc) is 2.23. The molecule has 90 valence electrons. The van der Waals surface area contributed by atoms with Gasteiger partial charge < -0.3 is 10.2 Å². The topological polar surface area (TPSA) is 77.8 Å². The Morgan fingerprint density at radius 3 is 2.24 bits per heavy atom. The van der Waals surface area contributed by atoms with Crippen molar-refractivity contribution < 1.29 is 19.8 Å². The molecular weight excluding hydrogens is 222 g/mol. The third kappa shape index (κ3) is 2.62. The molecule has 0 unspecified atom stereocenters. The summed E-state index contributed by atoms with van der Waals surface area (Å²) in [4.78, 5) is 23.3. The number of aromatic carboxylic acids is 1. The molecule has 5 heteroatoms. The average molecular weight is 235 g/mol. The highest BCUT2D eigenvalue weighted by Gasteiger charge is 2.31. The maximum atomic E-state index is 10.6. The van der Waals surface area contributed by atoms with Crippen molar-refractivity contribution in [3.63, 3.8) is 0 Å². The summed E-state index contributed by atoms with van der Waals surface area (Å²) in [5, 5.41) is 17.5. The molecule has 0 aromatic heterocycles. The number of carboxylic acids is 2. The first-order valence-corrected chi connectivity index (χ1v) is 5.33. The molecular formula is C12H13NO4. The van der Waals surface area contributed by atoms with Crippen LogP contribution in [0.3, 0.4) is 0 Å². The van der Waals surface area contributed by atoms with Gasteiger partial charge in [0.15, 0.2) is 0 Å². The van der Waals surface area contributed by atoms with Gasteiger partial charge in [-0.05, 0) is 17.7 Å². The van der Waals surface area contributed by atoms with E-state index in [1.54, 1.807) is 24.3 Å². The third-order valence-electron chi connectivity index (χ3n) is 2.91. The van der Waals surface area contributed by atoms with E-state index in [0.717, 1.165) is 5.56 Å². The molecule has 0 amide bonds. The maximum absolute atomic E-state index is 10.6. The number of hydrogen-bond acceptors (Lipinski definition) is 3. The van der Waals surface area contributed by atoms with Crippen LogP contribution in [0.4, 0.5) is 0 Å². The van der Waals surface area contributed by atoms with E-state index in [1.165, 1.54) is 0 Å². The van der Waals surface area contributed by atoms with Crippen molar-refractivity contribution in [3.8, 4) is 0 Å². The number of rotatable bonds is 4. The number of carbonyl (C=O) groups is 2. The van der Waals surface area contributed by atoms with E-state index in [0.29, 0.717) is 19.6 Å². The van der Waals surface area contributed by atoms with Gasteiger partial charge in [0.05, 0.1) is 11.5 Å². The molecule has 1 aliphatic heterocycles. The Morgan fingerprint density at radius 2 is 1.76 bits per heavy atom. The Labute approximate surface area is 98.3 Å². The molecule has 0 aliphatic carbocycles. The van der Waals surface area contributed by atoms with Crippen molar-refractivity contribution in [2.75, 3.05) is 13.1 Å². The smallest absolute Gasteiger partial charge is 0.335 e. The molecule has 0 saturated carbocycles. The summed E-state index contributed by atoms with van der Waals surface area (Å²) >= 11 is 0. The van der Waals surface area contributed by atoms with Crippen molar-refractivity contribution in [1.29, 1.82) is 0 Å². The van der Waals surface area contributed by atoms with Gasteiger partial charge in [0.1, 0.15) is 0 Å². The van der Waals surface area contributed by atoms with E-state index in [-0.39, 0.29) is 11.5 Å². The van der Waals surface area contributed by atoms with Crippen molar-refractivity contribution in [3.05, 3.63) is 35.4 Å². The third-order valence-corrected chi connectivity index (χ3v) is 2.91. The first-order valence-electron chi connectivity index (χ1n) is 5.33. The minimum Gasteiger partial charge on any atom is -0.481 e. The molecule has 0 bridgehead atoms. The zero-order valence-electron chi connectivity index (χ0n) is 9.17. The summed E-state index contributed by atoms with van der Waals surface area (Å²) in [5.74, 6) is -1.94. The highest BCUT2D eigenvalue weighted by molar-refractivity contribution is 5.87. The first kappa shape index (κ1) is 11.6. The highest BCUT2D eigenvalue weighted by atomic mass is 16.4. The Balaban J connectivity index is 1.88. The van der Waals surface area contributed by atoms with Gasteiger partial charge in [0, 0.05) is 19.6 Å². The van der Waals surface area contributed by atoms with E-state index >= 15 is 0 Å². The number of carboxylic acid groups (broad SMARTS) is 2. The molecule has 1 aliphatic rings. The summed E-state index contributed by atoms with van der Waals surface area (Å²) < 4.78 is 0. The molecule has 0 atom stereocenters. The molecule has 2 rings (SSSR count). The first-order chi connectivity index (χ1) is 8.06. The predicted octanol–water partition coefficient (Wildman–Crippen LogP) is 0.901. The fourth-order valence-electron chi connectivity index (χ4n) is 1.87. The van der Waals surface area contributed by atoms with Crippen molar-refractivity contribution in [2.45, 2.75) is 6.54 Å². The molecule has 1 fully saturated rings. The minimum absolute atomic E-state index is 0.256. The second-order valence-electron chi connectivity index (χ2n) is 4.23. The van der Waals surface area contributed by atoms with Gasteiger partial charge in [-0.15, -0.1) is 0 Å². The van der Waals surface area contributed by atoms with Crippen LogP contribution in [0.5, 0.6) is 0 Å². The molecule has 0 radical (unpaired) electrons. The second kappa shape index (κ2) is 4.55. The number of benzene rings is 1. The predicted molar refractivity (Wildman–Crippen MR) is 59.8 cm³/mol. The van der Waals surface area contributed by atoms with Crippen LogP contribution in [0, 0.1) is 5.92 Å². The summed E-state index contributed by atoms with van der Waals surface area (Å²) in [6, 6.07) is 6.65. The summed E-state index contributed by atoms with van der Waals surface area (Å²) in [5.41, 5.74) is 1.26. The van der Waals surface area contributed by atoms with Gasteiger partial charge in [0.2, 0.25) is 0 Å². The molecule has 17 heavy (non-hydrogen) atoms. The van der Waals surface area contributed by atoms with Crippen molar-refractivity contribution in [1.82, 2.24) is 4.90 Å². The van der Waals surface area contributed by atoms with Crippen molar-refractivity contribution in [2.24, 2.45) is 5.92 Å². The van der Waals surface area contributed by atoms with Crippen LogP contribution in [0.1, 0.15) is 15.9 Å².